The Balaban J connectivity index is 1.54. The molecule has 1 aromatic rings. The van der Waals surface area contributed by atoms with Crippen LogP contribution in [0, 0.1) is 6.92 Å². The van der Waals surface area contributed by atoms with Gasteiger partial charge in [-0.05, 0) is 38.2 Å². The molecule has 1 aliphatic carbocycles. The van der Waals surface area contributed by atoms with Gasteiger partial charge in [-0.25, -0.2) is 0 Å². The van der Waals surface area contributed by atoms with Crippen molar-refractivity contribution in [1.82, 2.24) is 10.2 Å². The van der Waals surface area contributed by atoms with E-state index in [1.807, 2.05) is 0 Å². The van der Waals surface area contributed by atoms with Crippen LogP contribution in [0.4, 0.5) is 0 Å². The Labute approximate surface area is 139 Å². The van der Waals surface area contributed by atoms with Crippen molar-refractivity contribution in [2.45, 2.75) is 44.1 Å². The van der Waals surface area contributed by atoms with Gasteiger partial charge in [0.05, 0.1) is 12.0 Å². The molecule has 0 aromatic heterocycles. The Morgan fingerprint density at radius 1 is 1.35 bits per heavy atom. The van der Waals surface area contributed by atoms with Crippen LogP contribution in [0.15, 0.2) is 24.3 Å². The third kappa shape index (κ3) is 3.75. The van der Waals surface area contributed by atoms with Gasteiger partial charge in [0.15, 0.2) is 0 Å². The molecule has 1 saturated heterocycles. The summed E-state index contributed by atoms with van der Waals surface area (Å²) in [4.78, 5) is 15.2. The lowest BCUT2D eigenvalue weighted by Crippen LogP contribution is -2.48. The molecular formula is C19H28N2O2. The van der Waals surface area contributed by atoms with E-state index in [2.05, 4.69) is 41.4 Å². The lowest BCUT2D eigenvalue weighted by atomic mass is 9.92. The van der Waals surface area contributed by atoms with E-state index in [0.717, 1.165) is 51.9 Å². The third-order valence-corrected chi connectivity index (χ3v) is 5.29. The van der Waals surface area contributed by atoms with Crippen molar-refractivity contribution in [3.05, 3.63) is 35.4 Å². The van der Waals surface area contributed by atoms with Gasteiger partial charge in [-0.1, -0.05) is 29.8 Å². The summed E-state index contributed by atoms with van der Waals surface area (Å²) in [5.74, 6) is 0.235. The predicted molar refractivity (Wildman–Crippen MR) is 91.6 cm³/mol. The summed E-state index contributed by atoms with van der Waals surface area (Å²) in [7, 11) is 1.74. The zero-order chi connectivity index (χ0) is 16.3. The molecule has 1 N–H and O–H groups in total. The summed E-state index contributed by atoms with van der Waals surface area (Å²) in [6.07, 6.45) is 4.04. The number of carbonyl (C=O) groups excluding carboxylic acids is 1. The van der Waals surface area contributed by atoms with Gasteiger partial charge in [-0.3, -0.25) is 4.79 Å². The van der Waals surface area contributed by atoms with Crippen molar-refractivity contribution in [2.75, 3.05) is 33.4 Å². The van der Waals surface area contributed by atoms with Crippen molar-refractivity contribution in [1.29, 1.82) is 0 Å². The van der Waals surface area contributed by atoms with Gasteiger partial charge in [0.25, 0.3) is 0 Å². The number of likely N-dealkylation sites (tertiary alicyclic amines) is 1. The lowest BCUT2D eigenvalue weighted by molar-refractivity contribution is -0.124. The van der Waals surface area contributed by atoms with Gasteiger partial charge in [-0.2, -0.15) is 0 Å². The van der Waals surface area contributed by atoms with E-state index in [9.17, 15) is 4.79 Å². The van der Waals surface area contributed by atoms with Crippen LogP contribution in [0.3, 0.4) is 0 Å². The molecule has 1 saturated carbocycles. The summed E-state index contributed by atoms with van der Waals surface area (Å²) in [6.45, 7) is 5.96. The van der Waals surface area contributed by atoms with Crippen LogP contribution >= 0.6 is 0 Å². The van der Waals surface area contributed by atoms with E-state index in [1.165, 1.54) is 11.1 Å². The van der Waals surface area contributed by atoms with E-state index < -0.39 is 0 Å². The predicted octanol–water partition coefficient (Wildman–Crippen LogP) is 2.25. The number of aryl methyl sites for hydroxylation is 1. The molecule has 2 fully saturated rings. The highest BCUT2D eigenvalue weighted by Gasteiger charge is 2.51. The molecule has 126 valence electrons. The first-order valence-corrected chi connectivity index (χ1v) is 8.73. The van der Waals surface area contributed by atoms with E-state index in [0.29, 0.717) is 6.04 Å². The van der Waals surface area contributed by atoms with Crippen molar-refractivity contribution in [3.63, 3.8) is 0 Å². The largest absolute Gasteiger partial charge is 0.383 e. The number of amides is 1. The number of ether oxygens (including phenoxy) is 1. The van der Waals surface area contributed by atoms with Gasteiger partial charge in [0.1, 0.15) is 0 Å². The molecule has 3 rings (SSSR count). The Hall–Kier alpha value is -1.39. The normalized spacial score (nSPS) is 21.1. The van der Waals surface area contributed by atoms with Gasteiger partial charge in [0, 0.05) is 32.8 Å². The first-order valence-electron chi connectivity index (χ1n) is 8.73. The summed E-state index contributed by atoms with van der Waals surface area (Å²) in [5.41, 5.74) is 2.17. The topological polar surface area (TPSA) is 41.6 Å². The van der Waals surface area contributed by atoms with E-state index >= 15 is 0 Å². The molecule has 0 radical (unpaired) electrons. The van der Waals surface area contributed by atoms with Crippen molar-refractivity contribution >= 4 is 5.91 Å². The van der Waals surface area contributed by atoms with E-state index in [1.54, 1.807) is 7.11 Å². The number of methoxy groups -OCH3 is 1. The number of rotatable bonds is 6. The number of hydrogen-bond acceptors (Lipinski definition) is 3. The fourth-order valence-corrected chi connectivity index (χ4v) is 3.56. The second kappa shape index (κ2) is 7.02. The monoisotopic (exact) mass is 316 g/mol. The highest BCUT2D eigenvalue weighted by Crippen LogP contribution is 2.48. The zero-order valence-electron chi connectivity index (χ0n) is 14.3. The number of nitrogens with one attached hydrogen (secondary N) is 1. The third-order valence-electron chi connectivity index (χ3n) is 5.29. The molecule has 1 aliphatic heterocycles. The number of hydrogen-bond donors (Lipinski definition) is 1. The molecular weight excluding hydrogens is 288 g/mol. The van der Waals surface area contributed by atoms with Crippen LogP contribution in [0.1, 0.15) is 36.8 Å². The number of benzene rings is 1. The molecule has 4 nitrogen and oxygen atoms in total. The second-order valence-electron chi connectivity index (χ2n) is 7.03. The van der Waals surface area contributed by atoms with Gasteiger partial charge < -0.3 is 15.0 Å². The lowest BCUT2D eigenvalue weighted by Gasteiger charge is -2.33. The SMILES string of the molecule is COCCN1CCC(NC(=O)C2(c3cccc(C)c3)CC2)CC1. The van der Waals surface area contributed by atoms with Gasteiger partial charge >= 0.3 is 0 Å². The minimum absolute atomic E-state index is 0.235. The maximum atomic E-state index is 12.8. The van der Waals surface area contributed by atoms with Gasteiger partial charge in [0.2, 0.25) is 5.91 Å². The average molecular weight is 316 g/mol. The quantitative estimate of drug-likeness (QED) is 0.875. The Morgan fingerprint density at radius 3 is 2.70 bits per heavy atom. The van der Waals surface area contributed by atoms with Gasteiger partial charge in [-0.15, -0.1) is 0 Å². The van der Waals surface area contributed by atoms with Crippen LogP contribution in [-0.4, -0.2) is 50.2 Å². The van der Waals surface area contributed by atoms with Crippen LogP contribution in [0.5, 0.6) is 0 Å². The van der Waals surface area contributed by atoms with Crippen LogP contribution in [0.25, 0.3) is 0 Å². The molecule has 0 bridgehead atoms. The molecule has 1 aromatic carbocycles. The summed E-state index contributed by atoms with van der Waals surface area (Å²) >= 11 is 0. The highest BCUT2D eigenvalue weighted by molar-refractivity contribution is 5.91. The minimum atomic E-state index is -0.251. The van der Waals surface area contributed by atoms with E-state index in [4.69, 9.17) is 4.74 Å². The number of piperidine rings is 1. The zero-order valence-corrected chi connectivity index (χ0v) is 14.3. The van der Waals surface area contributed by atoms with Crippen molar-refractivity contribution in [3.8, 4) is 0 Å². The van der Waals surface area contributed by atoms with E-state index in [-0.39, 0.29) is 11.3 Å². The first kappa shape index (κ1) is 16.5. The Kier molecular flexibility index (Phi) is 5.02. The average Bonchev–Trinajstić information content (AvgIpc) is 3.36. The summed E-state index contributed by atoms with van der Waals surface area (Å²) in [6, 6.07) is 8.75. The smallest absolute Gasteiger partial charge is 0.230 e. The molecule has 2 aliphatic rings. The molecule has 4 heteroatoms. The summed E-state index contributed by atoms with van der Waals surface area (Å²) in [5, 5.41) is 3.32. The molecule has 1 amide bonds. The number of nitrogens with zero attached hydrogens (tertiary/aromatic N) is 1. The number of carbonyl (C=O) groups is 1. The van der Waals surface area contributed by atoms with Crippen molar-refractivity contribution in [2.24, 2.45) is 0 Å². The van der Waals surface area contributed by atoms with Crippen LogP contribution < -0.4 is 5.32 Å². The standard InChI is InChI=1S/C19H28N2O2/c1-15-4-3-5-16(14-15)19(8-9-19)18(22)20-17-6-10-21(11-7-17)12-13-23-2/h3-5,14,17H,6-13H2,1-2H3,(H,20,22). The fraction of sp³-hybridized carbons (Fsp3) is 0.632. The molecule has 1 heterocycles. The Bertz CT molecular complexity index is 546. The van der Waals surface area contributed by atoms with Crippen LogP contribution in [-0.2, 0) is 14.9 Å². The van der Waals surface area contributed by atoms with Crippen LogP contribution in [0.2, 0.25) is 0 Å². The maximum Gasteiger partial charge on any atom is 0.230 e. The van der Waals surface area contributed by atoms with Crippen molar-refractivity contribution < 1.29 is 9.53 Å². The molecule has 23 heavy (non-hydrogen) atoms. The molecule has 0 atom stereocenters. The fourth-order valence-electron chi connectivity index (χ4n) is 3.56. The molecule has 0 unspecified atom stereocenters. The first-order chi connectivity index (χ1) is 11.1. The maximum absolute atomic E-state index is 12.8. The second-order valence-corrected chi connectivity index (χ2v) is 7.03. The minimum Gasteiger partial charge on any atom is -0.383 e. The molecule has 0 spiro atoms. The summed E-state index contributed by atoms with van der Waals surface area (Å²) < 4.78 is 5.14. The highest BCUT2D eigenvalue weighted by atomic mass is 16.5. The Morgan fingerprint density at radius 2 is 2.09 bits per heavy atom.